The maximum absolute atomic E-state index is 12.4. The minimum absolute atomic E-state index is 0.00789. The fraction of sp³-hybridized carbons (Fsp3) is 0.812. The molecule has 2 heterocycles. The average Bonchev–Trinajstić information content (AvgIpc) is 3.12. The summed E-state index contributed by atoms with van der Waals surface area (Å²) < 4.78 is 0. The highest BCUT2D eigenvalue weighted by molar-refractivity contribution is 7.99. The summed E-state index contributed by atoms with van der Waals surface area (Å²) in [6.07, 6.45) is 2.49. The lowest BCUT2D eigenvalue weighted by molar-refractivity contribution is -0.140. The van der Waals surface area contributed by atoms with Gasteiger partial charge in [0.25, 0.3) is 0 Å². The molecule has 2 aliphatic rings. The highest BCUT2D eigenvalue weighted by Gasteiger charge is 2.36. The van der Waals surface area contributed by atoms with Gasteiger partial charge in [-0.15, -0.1) is 11.8 Å². The van der Waals surface area contributed by atoms with Crippen LogP contribution in [-0.4, -0.2) is 64.8 Å². The van der Waals surface area contributed by atoms with E-state index in [1.807, 2.05) is 20.8 Å². The predicted octanol–water partition coefficient (Wildman–Crippen LogP) is 1.06. The summed E-state index contributed by atoms with van der Waals surface area (Å²) in [4.78, 5) is 40.2. The van der Waals surface area contributed by atoms with Crippen LogP contribution in [0.25, 0.3) is 0 Å². The van der Waals surface area contributed by atoms with Crippen LogP contribution in [0.1, 0.15) is 40.0 Å². The molecule has 2 rings (SSSR count). The largest absolute Gasteiger partial charge is 0.345 e. The molecule has 0 aromatic carbocycles. The number of nitrogens with one attached hydrogen (secondary N) is 1. The van der Waals surface area contributed by atoms with E-state index in [1.54, 1.807) is 21.6 Å². The molecule has 0 aliphatic carbocycles. The average molecular weight is 341 g/mol. The van der Waals surface area contributed by atoms with Crippen LogP contribution in [-0.2, 0) is 14.4 Å². The Labute approximate surface area is 142 Å². The van der Waals surface area contributed by atoms with Gasteiger partial charge in [0.1, 0.15) is 6.04 Å². The third-order valence-corrected chi connectivity index (χ3v) is 5.07. The number of hydrogen-bond donors (Lipinski definition) is 1. The Hall–Kier alpha value is -1.24. The first-order valence-electron chi connectivity index (χ1n) is 8.20. The van der Waals surface area contributed by atoms with Crippen molar-refractivity contribution in [3.05, 3.63) is 0 Å². The number of hydrogen-bond acceptors (Lipinski definition) is 4. The third kappa shape index (κ3) is 5.12. The quantitative estimate of drug-likeness (QED) is 0.830. The Morgan fingerprint density at radius 3 is 2.39 bits per heavy atom. The SMILES string of the molecule is CC(C)(C)CC(=O)N1CSCC1C(=O)NCC(=O)N1CCCC1. The van der Waals surface area contributed by atoms with Gasteiger partial charge in [-0.1, -0.05) is 20.8 Å². The Morgan fingerprint density at radius 1 is 1.13 bits per heavy atom. The van der Waals surface area contributed by atoms with E-state index in [1.165, 1.54) is 0 Å². The lowest BCUT2D eigenvalue weighted by atomic mass is 9.91. The molecule has 6 nitrogen and oxygen atoms in total. The lowest BCUT2D eigenvalue weighted by Crippen LogP contribution is -2.50. The van der Waals surface area contributed by atoms with Gasteiger partial charge in [0.05, 0.1) is 12.4 Å². The molecule has 7 heteroatoms. The zero-order chi connectivity index (χ0) is 17.0. The second-order valence-corrected chi connectivity index (χ2v) is 8.42. The number of thioether (sulfide) groups is 1. The van der Waals surface area contributed by atoms with Gasteiger partial charge in [-0.05, 0) is 18.3 Å². The van der Waals surface area contributed by atoms with Crippen molar-refractivity contribution in [2.75, 3.05) is 31.3 Å². The molecule has 1 unspecified atom stereocenters. The van der Waals surface area contributed by atoms with Gasteiger partial charge in [-0.3, -0.25) is 14.4 Å². The minimum atomic E-state index is -0.457. The molecule has 0 aromatic rings. The minimum Gasteiger partial charge on any atom is -0.345 e. The monoisotopic (exact) mass is 341 g/mol. The van der Waals surface area contributed by atoms with Crippen LogP contribution < -0.4 is 5.32 Å². The summed E-state index contributed by atoms with van der Waals surface area (Å²) in [7, 11) is 0. The van der Waals surface area contributed by atoms with Crippen LogP contribution in [0.15, 0.2) is 0 Å². The fourth-order valence-electron chi connectivity index (χ4n) is 2.82. The van der Waals surface area contributed by atoms with Crippen molar-refractivity contribution >= 4 is 29.5 Å². The number of rotatable bonds is 4. The fourth-order valence-corrected chi connectivity index (χ4v) is 4.00. The second-order valence-electron chi connectivity index (χ2n) is 7.42. The predicted molar refractivity (Wildman–Crippen MR) is 90.9 cm³/mol. The number of carbonyl (C=O) groups is 3. The Morgan fingerprint density at radius 2 is 1.78 bits per heavy atom. The molecule has 0 saturated carbocycles. The summed E-state index contributed by atoms with van der Waals surface area (Å²) in [6.45, 7) is 7.63. The van der Waals surface area contributed by atoms with Crippen molar-refractivity contribution < 1.29 is 14.4 Å². The molecule has 0 radical (unpaired) electrons. The van der Waals surface area contributed by atoms with Gasteiger partial charge < -0.3 is 15.1 Å². The van der Waals surface area contributed by atoms with Gasteiger partial charge in [0, 0.05) is 25.3 Å². The Bertz CT molecular complexity index is 470. The van der Waals surface area contributed by atoms with E-state index in [4.69, 9.17) is 0 Å². The summed E-state index contributed by atoms with van der Waals surface area (Å²) in [5.74, 6) is 0.902. The van der Waals surface area contributed by atoms with E-state index in [0.717, 1.165) is 25.9 Å². The van der Waals surface area contributed by atoms with Crippen molar-refractivity contribution in [1.82, 2.24) is 15.1 Å². The molecule has 2 aliphatic heterocycles. The van der Waals surface area contributed by atoms with Crippen molar-refractivity contribution in [2.24, 2.45) is 5.41 Å². The maximum Gasteiger partial charge on any atom is 0.244 e. The molecule has 23 heavy (non-hydrogen) atoms. The van der Waals surface area contributed by atoms with Crippen LogP contribution in [0.3, 0.4) is 0 Å². The van der Waals surface area contributed by atoms with Crippen LogP contribution in [0.4, 0.5) is 0 Å². The molecule has 1 atom stereocenters. The first-order chi connectivity index (χ1) is 10.8. The van der Waals surface area contributed by atoms with E-state index in [2.05, 4.69) is 5.32 Å². The van der Waals surface area contributed by atoms with Crippen molar-refractivity contribution in [3.8, 4) is 0 Å². The normalized spacial score (nSPS) is 21.6. The topological polar surface area (TPSA) is 69.7 Å². The number of likely N-dealkylation sites (tertiary alicyclic amines) is 1. The van der Waals surface area contributed by atoms with Gasteiger partial charge in [-0.2, -0.15) is 0 Å². The molecule has 2 fully saturated rings. The van der Waals surface area contributed by atoms with Crippen molar-refractivity contribution in [1.29, 1.82) is 0 Å². The highest BCUT2D eigenvalue weighted by Crippen LogP contribution is 2.26. The summed E-state index contributed by atoms with van der Waals surface area (Å²) in [5, 5.41) is 2.71. The molecular weight excluding hydrogens is 314 g/mol. The maximum atomic E-state index is 12.4. The number of amides is 3. The van der Waals surface area contributed by atoms with E-state index >= 15 is 0 Å². The standard InChI is InChI=1S/C16H27N3O3S/c1-16(2,3)8-13(20)19-11-23-10-12(19)15(22)17-9-14(21)18-6-4-5-7-18/h12H,4-11H2,1-3H3,(H,17,22). The van der Waals surface area contributed by atoms with Crippen LogP contribution in [0.2, 0.25) is 0 Å². The molecule has 0 bridgehead atoms. The molecule has 2 saturated heterocycles. The number of carbonyl (C=O) groups excluding carboxylic acids is 3. The molecule has 130 valence electrons. The number of nitrogens with zero attached hydrogens (tertiary/aromatic N) is 2. The third-order valence-electron chi connectivity index (χ3n) is 4.06. The van der Waals surface area contributed by atoms with Gasteiger partial charge in [-0.25, -0.2) is 0 Å². The Balaban J connectivity index is 1.85. The van der Waals surface area contributed by atoms with Gasteiger partial charge >= 0.3 is 0 Å². The second kappa shape index (κ2) is 7.55. The van der Waals surface area contributed by atoms with E-state index in [-0.39, 0.29) is 29.7 Å². The molecule has 3 amide bonds. The summed E-state index contributed by atoms with van der Waals surface area (Å²) in [5.41, 5.74) is -0.100. The summed E-state index contributed by atoms with van der Waals surface area (Å²) in [6, 6.07) is -0.457. The van der Waals surface area contributed by atoms with Gasteiger partial charge in [0.15, 0.2) is 0 Å². The molecular formula is C16H27N3O3S. The first kappa shape index (κ1) is 18.1. The van der Waals surface area contributed by atoms with Crippen LogP contribution in [0, 0.1) is 5.41 Å². The Kier molecular flexibility index (Phi) is 5.95. The van der Waals surface area contributed by atoms with Crippen molar-refractivity contribution in [2.45, 2.75) is 46.1 Å². The van der Waals surface area contributed by atoms with Crippen molar-refractivity contribution in [3.63, 3.8) is 0 Å². The zero-order valence-electron chi connectivity index (χ0n) is 14.3. The lowest BCUT2D eigenvalue weighted by Gasteiger charge is -2.27. The van der Waals surface area contributed by atoms with Crippen LogP contribution in [0.5, 0.6) is 0 Å². The van der Waals surface area contributed by atoms with E-state index in [9.17, 15) is 14.4 Å². The molecule has 0 spiro atoms. The molecule has 1 N–H and O–H groups in total. The highest BCUT2D eigenvalue weighted by atomic mass is 32.2. The molecule has 0 aromatic heterocycles. The van der Waals surface area contributed by atoms with Gasteiger partial charge in [0.2, 0.25) is 17.7 Å². The smallest absolute Gasteiger partial charge is 0.244 e. The first-order valence-corrected chi connectivity index (χ1v) is 9.36. The summed E-state index contributed by atoms with van der Waals surface area (Å²) >= 11 is 1.58. The van der Waals surface area contributed by atoms with E-state index in [0.29, 0.717) is 18.1 Å². The zero-order valence-corrected chi connectivity index (χ0v) is 15.1. The van der Waals surface area contributed by atoms with Crippen LogP contribution >= 0.6 is 11.8 Å². The van der Waals surface area contributed by atoms with E-state index < -0.39 is 6.04 Å².